The zero-order valence-corrected chi connectivity index (χ0v) is 17.4. The van der Waals surface area contributed by atoms with Crippen LogP contribution >= 0.6 is 11.3 Å². The van der Waals surface area contributed by atoms with Gasteiger partial charge in [0.2, 0.25) is 17.8 Å². The topological polar surface area (TPSA) is 101 Å². The van der Waals surface area contributed by atoms with Gasteiger partial charge in [0.1, 0.15) is 6.04 Å². The molecule has 156 valence electrons. The molecule has 0 spiro atoms. The molecule has 2 amide bonds. The average Bonchev–Trinajstić information content (AvgIpc) is 3.40. The second-order valence-electron chi connectivity index (χ2n) is 7.34. The maximum atomic E-state index is 13.0. The molecule has 2 N–H and O–H groups in total. The highest BCUT2D eigenvalue weighted by Crippen LogP contribution is 2.14. The smallest absolute Gasteiger partial charge is 0.245 e. The van der Waals surface area contributed by atoms with Crippen molar-refractivity contribution in [2.24, 2.45) is 4.99 Å². The number of carbonyl (C=O) groups excluding carboxylic acids is 2. The predicted octanol–water partition coefficient (Wildman–Crippen LogP) is 1.31. The number of rotatable bonds is 6. The van der Waals surface area contributed by atoms with Crippen LogP contribution in [0.2, 0.25) is 0 Å². The first-order valence-corrected chi connectivity index (χ1v) is 11.1. The Morgan fingerprint density at radius 2 is 2.07 bits per heavy atom. The Kier molecular flexibility index (Phi) is 7.87. The van der Waals surface area contributed by atoms with Gasteiger partial charge < -0.3 is 15.1 Å². The molecule has 3 heterocycles. The Bertz CT molecular complexity index is 752. The van der Waals surface area contributed by atoms with Crippen molar-refractivity contribution in [2.45, 2.75) is 44.6 Å². The molecule has 0 radical (unpaired) electrons. The molecule has 2 aliphatic rings. The maximum absolute atomic E-state index is 13.0. The standard InChI is InChI=1S/C20H28N6O2S/c21-15-23-20(22-9-8-16-6-5-13-29-16)24-17-7-1-2-12-26(19(17)28)14-18(27)25-10-3-4-11-25/h5-6,13,17H,1-4,7-12,14H2,(H2,22,23,24). The molecule has 9 heteroatoms. The molecule has 0 aromatic carbocycles. The minimum atomic E-state index is -0.481. The fourth-order valence-corrected chi connectivity index (χ4v) is 4.40. The summed E-state index contributed by atoms with van der Waals surface area (Å²) in [6.07, 6.45) is 7.15. The van der Waals surface area contributed by atoms with E-state index in [-0.39, 0.29) is 18.4 Å². The maximum Gasteiger partial charge on any atom is 0.245 e. The summed E-state index contributed by atoms with van der Waals surface area (Å²) in [7, 11) is 0. The van der Waals surface area contributed by atoms with E-state index in [1.165, 1.54) is 4.88 Å². The molecule has 3 rings (SSSR count). The first kappa shape index (κ1) is 21.1. The Morgan fingerprint density at radius 3 is 2.79 bits per heavy atom. The summed E-state index contributed by atoms with van der Waals surface area (Å²) in [5, 5.41) is 16.7. The molecule has 1 atom stereocenters. The number of nitriles is 1. The van der Waals surface area contributed by atoms with Gasteiger partial charge in [-0.15, -0.1) is 11.3 Å². The molecule has 0 aliphatic carbocycles. The van der Waals surface area contributed by atoms with Gasteiger partial charge in [-0.3, -0.25) is 19.9 Å². The van der Waals surface area contributed by atoms with E-state index in [0.29, 0.717) is 25.5 Å². The summed E-state index contributed by atoms with van der Waals surface area (Å²) >= 11 is 1.67. The van der Waals surface area contributed by atoms with Gasteiger partial charge in [-0.1, -0.05) is 6.07 Å². The summed E-state index contributed by atoms with van der Waals surface area (Å²) in [6.45, 7) is 2.82. The zero-order chi connectivity index (χ0) is 20.5. The lowest BCUT2D eigenvalue weighted by Crippen LogP contribution is -2.52. The lowest BCUT2D eigenvalue weighted by Gasteiger charge is -2.27. The monoisotopic (exact) mass is 416 g/mol. The van der Waals surface area contributed by atoms with Crippen LogP contribution in [0.25, 0.3) is 0 Å². The molecule has 0 saturated carbocycles. The van der Waals surface area contributed by atoms with Gasteiger partial charge in [-0.2, -0.15) is 5.26 Å². The van der Waals surface area contributed by atoms with Gasteiger partial charge in [0.05, 0.1) is 6.54 Å². The Balaban J connectivity index is 1.59. The van der Waals surface area contributed by atoms with Crippen LogP contribution in [0.1, 0.15) is 37.0 Å². The van der Waals surface area contributed by atoms with E-state index in [2.05, 4.69) is 21.7 Å². The van der Waals surface area contributed by atoms with Gasteiger partial charge in [-0.25, -0.2) is 0 Å². The third-order valence-corrected chi connectivity index (χ3v) is 6.20. The predicted molar refractivity (Wildman–Crippen MR) is 112 cm³/mol. The first-order chi connectivity index (χ1) is 14.2. The highest BCUT2D eigenvalue weighted by atomic mass is 32.1. The number of nitrogens with zero attached hydrogens (tertiary/aromatic N) is 4. The lowest BCUT2D eigenvalue weighted by atomic mass is 10.1. The fraction of sp³-hybridized carbons (Fsp3) is 0.600. The van der Waals surface area contributed by atoms with Crippen LogP contribution in [-0.4, -0.2) is 66.3 Å². The summed E-state index contributed by atoms with van der Waals surface area (Å²) < 4.78 is 0. The molecule has 1 aromatic heterocycles. The van der Waals surface area contributed by atoms with Crippen LogP contribution in [0.5, 0.6) is 0 Å². The number of nitrogens with one attached hydrogen (secondary N) is 2. The number of aliphatic imine (C=N–C) groups is 1. The minimum Gasteiger partial charge on any atom is -0.344 e. The molecule has 1 aromatic rings. The fourth-order valence-electron chi connectivity index (χ4n) is 3.70. The van der Waals surface area contributed by atoms with Crippen LogP contribution in [0.4, 0.5) is 0 Å². The molecule has 8 nitrogen and oxygen atoms in total. The van der Waals surface area contributed by atoms with E-state index in [9.17, 15) is 9.59 Å². The normalized spacial score (nSPS) is 20.3. The Hall–Kier alpha value is -2.60. The van der Waals surface area contributed by atoms with E-state index in [1.807, 2.05) is 22.5 Å². The molecule has 29 heavy (non-hydrogen) atoms. The molecular weight excluding hydrogens is 388 g/mol. The largest absolute Gasteiger partial charge is 0.344 e. The van der Waals surface area contributed by atoms with Crippen LogP contribution < -0.4 is 10.6 Å². The minimum absolute atomic E-state index is 0.0245. The van der Waals surface area contributed by atoms with Crippen molar-refractivity contribution in [3.63, 3.8) is 0 Å². The van der Waals surface area contributed by atoms with E-state index in [4.69, 9.17) is 5.26 Å². The highest BCUT2D eigenvalue weighted by Gasteiger charge is 2.30. The first-order valence-electron chi connectivity index (χ1n) is 10.2. The van der Waals surface area contributed by atoms with Gasteiger partial charge in [-0.05, 0) is 43.6 Å². The van der Waals surface area contributed by atoms with Crippen molar-refractivity contribution in [1.82, 2.24) is 20.4 Å². The van der Waals surface area contributed by atoms with Crippen LogP contribution in [0.3, 0.4) is 0 Å². The number of carbonyl (C=O) groups is 2. The number of amides is 2. The third-order valence-electron chi connectivity index (χ3n) is 5.26. The molecule has 1 unspecified atom stereocenters. The molecule has 2 fully saturated rings. The van der Waals surface area contributed by atoms with E-state index < -0.39 is 6.04 Å². The van der Waals surface area contributed by atoms with Crippen LogP contribution in [0.15, 0.2) is 22.5 Å². The highest BCUT2D eigenvalue weighted by molar-refractivity contribution is 7.09. The van der Waals surface area contributed by atoms with Gasteiger partial charge in [0.15, 0.2) is 6.19 Å². The van der Waals surface area contributed by atoms with Crippen molar-refractivity contribution >= 4 is 29.1 Å². The summed E-state index contributed by atoms with van der Waals surface area (Å²) in [4.78, 5) is 34.7. The Morgan fingerprint density at radius 1 is 1.28 bits per heavy atom. The second-order valence-corrected chi connectivity index (χ2v) is 8.37. The van der Waals surface area contributed by atoms with Crippen LogP contribution in [-0.2, 0) is 16.0 Å². The van der Waals surface area contributed by atoms with E-state index in [1.54, 1.807) is 16.2 Å². The lowest BCUT2D eigenvalue weighted by molar-refractivity contribution is -0.140. The quantitative estimate of drug-likeness (QED) is 0.315. The summed E-state index contributed by atoms with van der Waals surface area (Å²) in [5.74, 6) is 0.243. The van der Waals surface area contributed by atoms with Crippen molar-refractivity contribution < 1.29 is 9.59 Å². The number of guanidine groups is 1. The van der Waals surface area contributed by atoms with Crippen molar-refractivity contribution in [3.8, 4) is 6.19 Å². The van der Waals surface area contributed by atoms with Gasteiger partial charge in [0.25, 0.3) is 0 Å². The molecule has 2 saturated heterocycles. The SMILES string of the molecule is N#CNC(=NCCc1cccs1)NC1CCCCN(CC(=O)N2CCCC2)C1=O. The molecule has 2 aliphatic heterocycles. The van der Waals surface area contributed by atoms with E-state index >= 15 is 0 Å². The number of thiophene rings is 1. The number of likely N-dealkylation sites (tertiary alicyclic amines) is 2. The zero-order valence-electron chi connectivity index (χ0n) is 16.6. The van der Waals surface area contributed by atoms with Gasteiger partial charge in [0, 0.05) is 37.5 Å². The van der Waals surface area contributed by atoms with Crippen molar-refractivity contribution in [2.75, 3.05) is 32.7 Å². The molecular formula is C20H28N6O2S. The Labute approximate surface area is 175 Å². The number of hydrogen-bond acceptors (Lipinski definition) is 5. The van der Waals surface area contributed by atoms with E-state index in [0.717, 1.165) is 45.2 Å². The van der Waals surface area contributed by atoms with Gasteiger partial charge >= 0.3 is 0 Å². The summed E-state index contributed by atoms with van der Waals surface area (Å²) in [5.41, 5.74) is 0. The second kappa shape index (κ2) is 10.8. The molecule has 0 bridgehead atoms. The number of hydrogen-bond donors (Lipinski definition) is 2. The average molecular weight is 417 g/mol. The van der Waals surface area contributed by atoms with Crippen molar-refractivity contribution in [1.29, 1.82) is 5.26 Å². The van der Waals surface area contributed by atoms with Crippen LogP contribution in [0, 0.1) is 11.5 Å². The third kappa shape index (κ3) is 6.19. The van der Waals surface area contributed by atoms with Crippen molar-refractivity contribution in [3.05, 3.63) is 22.4 Å². The summed E-state index contributed by atoms with van der Waals surface area (Å²) in [6, 6.07) is 3.57.